The van der Waals surface area contributed by atoms with Gasteiger partial charge in [-0.3, -0.25) is 4.79 Å². The SMILES string of the molecule is CC(CN)C(=O)OC1CCCC1. The lowest BCUT2D eigenvalue weighted by molar-refractivity contribution is -0.152. The van der Waals surface area contributed by atoms with Crippen molar-refractivity contribution in [3.05, 3.63) is 0 Å². The number of carbonyl (C=O) groups is 1. The Morgan fingerprint density at radius 1 is 1.58 bits per heavy atom. The maximum Gasteiger partial charge on any atom is 0.310 e. The van der Waals surface area contributed by atoms with E-state index in [1.54, 1.807) is 6.92 Å². The number of ether oxygens (including phenoxy) is 1. The van der Waals surface area contributed by atoms with Crippen molar-refractivity contribution in [3.63, 3.8) is 0 Å². The van der Waals surface area contributed by atoms with Crippen molar-refractivity contribution in [1.82, 2.24) is 0 Å². The molecule has 0 aromatic carbocycles. The molecule has 0 aromatic rings. The fourth-order valence-corrected chi connectivity index (χ4v) is 1.38. The third-order valence-corrected chi connectivity index (χ3v) is 2.34. The quantitative estimate of drug-likeness (QED) is 0.646. The third kappa shape index (κ3) is 2.48. The number of rotatable bonds is 3. The van der Waals surface area contributed by atoms with E-state index in [0.717, 1.165) is 12.8 Å². The van der Waals surface area contributed by atoms with Gasteiger partial charge in [0.05, 0.1) is 5.92 Å². The van der Waals surface area contributed by atoms with Crippen LogP contribution in [0.3, 0.4) is 0 Å². The summed E-state index contributed by atoms with van der Waals surface area (Å²) in [4.78, 5) is 11.2. The zero-order valence-corrected chi connectivity index (χ0v) is 7.58. The van der Waals surface area contributed by atoms with Gasteiger partial charge in [-0.1, -0.05) is 6.92 Å². The number of esters is 1. The Balaban J connectivity index is 2.25. The van der Waals surface area contributed by atoms with Crippen LogP contribution in [0.15, 0.2) is 0 Å². The Labute approximate surface area is 73.3 Å². The molecule has 3 heteroatoms. The number of carbonyl (C=O) groups excluding carboxylic acids is 1. The molecule has 0 amide bonds. The normalized spacial score (nSPS) is 20.8. The molecule has 1 rings (SSSR count). The average Bonchev–Trinajstić information content (AvgIpc) is 2.55. The zero-order valence-electron chi connectivity index (χ0n) is 7.58. The van der Waals surface area contributed by atoms with Crippen molar-refractivity contribution in [2.75, 3.05) is 6.54 Å². The Kier molecular flexibility index (Phi) is 3.53. The molecule has 0 aromatic heterocycles. The minimum Gasteiger partial charge on any atom is -0.462 e. The van der Waals surface area contributed by atoms with E-state index in [2.05, 4.69) is 0 Å². The van der Waals surface area contributed by atoms with Crippen molar-refractivity contribution in [2.24, 2.45) is 11.7 Å². The van der Waals surface area contributed by atoms with Gasteiger partial charge in [0.2, 0.25) is 0 Å². The first kappa shape index (κ1) is 9.52. The van der Waals surface area contributed by atoms with Gasteiger partial charge in [-0.05, 0) is 25.7 Å². The smallest absolute Gasteiger partial charge is 0.310 e. The second-order valence-electron chi connectivity index (χ2n) is 3.48. The molecular weight excluding hydrogens is 154 g/mol. The van der Waals surface area contributed by atoms with E-state index < -0.39 is 0 Å². The molecule has 1 saturated carbocycles. The van der Waals surface area contributed by atoms with Crippen LogP contribution in [0.5, 0.6) is 0 Å². The van der Waals surface area contributed by atoms with Crippen molar-refractivity contribution < 1.29 is 9.53 Å². The molecular formula is C9H17NO2. The van der Waals surface area contributed by atoms with Gasteiger partial charge in [-0.15, -0.1) is 0 Å². The van der Waals surface area contributed by atoms with Gasteiger partial charge in [-0.25, -0.2) is 0 Å². The van der Waals surface area contributed by atoms with Gasteiger partial charge in [0.25, 0.3) is 0 Å². The Morgan fingerprint density at radius 2 is 2.17 bits per heavy atom. The lowest BCUT2D eigenvalue weighted by atomic mass is 10.2. The van der Waals surface area contributed by atoms with Gasteiger partial charge >= 0.3 is 5.97 Å². The van der Waals surface area contributed by atoms with E-state index in [4.69, 9.17) is 10.5 Å². The van der Waals surface area contributed by atoms with Crippen LogP contribution in [0.25, 0.3) is 0 Å². The molecule has 1 aliphatic rings. The third-order valence-electron chi connectivity index (χ3n) is 2.34. The van der Waals surface area contributed by atoms with E-state index in [1.807, 2.05) is 0 Å². The average molecular weight is 171 g/mol. The van der Waals surface area contributed by atoms with E-state index >= 15 is 0 Å². The molecule has 1 aliphatic carbocycles. The molecule has 12 heavy (non-hydrogen) atoms. The Morgan fingerprint density at radius 3 is 2.67 bits per heavy atom. The maximum atomic E-state index is 11.2. The molecule has 70 valence electrons. The summed E-state index contributed by atoms with van der Waals surface area (Å²) in [5, 5.41) is 0. The monoisotopic (exact) mass is 171 g/mol. The highest BCUT2D eigenvalue weighted by molar-refractivity contribution is 5.72. The maximum absolute atomic E-state index is 11.2. The molecule has 0 spiro atoms. The first-order valence-corrected chi connectivity index (χ1v) is 4.64. The summed E-state index contributed by atoms with van der Waals surface area (Å²) >= 11 is 0. The highest BCUT2D eigenvalue weighted by atomic mass is 16.5. The van der Waals surface area contributed by atoms with Crippen LogP contribution >= 0.6 is 0 Å². The molecule has 2 N–H and O–H groups in total. The van der Waals surface area contributed by atoms with Crippen molar-refractivity contribution >= 4 is 5.97 Å². The Bertz CT molecular complexity index is 153. The summed E-state index contributed by atoms with van der Waals surface area (Å²) in [7, 11) is 0. The largest absolute Gasteiger partial charge is 0.462 e. The number of nitrogens with two attached hydrogens (primary N) is 1. The van der Waals surface area contributed by atoms with Crippen molar-refractivity contribution in [2.45, 2.75) is 38.7 Å². The van der Waals surface area contributed by atoms with Gasteiger partial charge in [-0.2, -0.15) is 0 Å². The Hall–Kier alpha value is -0.570. The highest BCUT2D eigenvalue weighted by Crippen LogP contribution is 2.21. The van der Waals surface area contributed by atoms with Crippen LogP contribution in [0.1, 0.15) is 32.6 Å². The molecule has 0 radical (unpaired) electrons. The van der Waals surface area contributed by atoms with E-state index in [0.29, 0.717) is 6.54 Å². The molecule has 1 fully saturated rings. The van der Waals surface area contributed by atoms with Gasteiger partial charge in [0.1, 0.15) is 6.10 Å². The lowest BCUT2D eigenvalue weighted by Gasteiger charge is -2.14. The summed E-state index contributed by atoms with van der Waals surface area (Å²) < 4.78 is 5.25. The van der Waals surface area contributed by atoms with Crippen molar-refractivity contribution in [3.8, 4) is 0 Å². The van der Waals surface area contributed by atoms with E-state index in [1.165, 1.54) is 12.8 Å². The predicted molar refractivity (Wildman–Crippen MR) is 46.6 cm³/mol. The molecule has 0 aliphatic heterocycles. The molecule has 0 heterocycles. The van der Waals surface area contributed by atoms with Crippen LogP contribution in [-0.4, -0.2) is 18.6 Å². The summed E-state index contributed by atoms with van der Waals surface area (Å²) in [5.41, 5.74) is 5.35. The minimum absolute atomic E-state index is 0.135. The molecule has 3 nitrogen and oxygen atoms in total. The van der Waals surface area contributed by atoms with Crippen LogP contribution in [0.2, 0.25) is 0 Å². The fraction of sp³-hybridized carbons (Fsp3) is 0.889. The summed E-state index contributed by atoms with van der Waals surface area (Å²) in [6.45, 7) is 2.18. The van der Waals surface area contributed by atoms with Gasteiger partial charge in [0.15, 0.2) is 0 Å². The standard InChI is InChI=1S/C9H17NO2/c1-7(6-10)9(11)12-8-4-2-3-5-8/h7-8H,2-6,10H2,1H3. The summed E-state index contributed by atoms with van der Waals surface area (Å²) in [6, 6.07) is 0. The van der Waals surface area contributed by atoms with E-state index in [-0.39, 0.29) is 18.0 Å². The highest BCUT2D eigenvalue weighted by Gasteiger charge is 2.21. The molecule has 1 atom stereocenters. The summed E-state index contributed by atoms with van der Waals surface area (Å²) in [6.07, 6.45) is 4.61. The van der Waals surface area contributed by atoms with E-state index in [9.17, 15) is 4.79 Å². The van der Waals surface area contributed by atoms with Gasteiger partial charge in [0, 0.05) is 6.54 Å². The number of hydrogen-bond acceptors (Lipinski definition) is 3. The second-order valence-corrected chi connectivity index (χ2v) is 3.48. The van der Waals surface area contributed by atoms with Crippen LogP contribution in [0.4, 0.5) is 0 Å². The molecule has 0 saturated heterocycles. The van der Waals surface area contributed by atoms with Crippen LogP contribution in [-0.2, 0) is 9.53 Å². The van der Waals surface area contributed by atoms with Crippen LogP contribution in [0, 0.1) is 5.92 Å². The van der Waals surface area contributed by atoms with Crippen LogP contribution < -0.4 is 5.73 Å². The number of hydrogen-bond donors (Lipinski definition) is 1. The first-order valence-electron chi connectivity index (χ1n) is 4.64. The zero-order chi connectivity index (χ0) is 8.97. The fourth-order valence-electron chi connectivity index (χ4n) is 1.38. The molecule has 0 bridgehead atoms. The lowest BCUT2D eigenvalue weighted by Crippen LogP contribution is -2.26. The summed E-state index contributed by atoms with van der Waals surface area (Å²) in [5.74, 6) is -0.282. The second kappa shape index (κ2) is 4.45. The molecule has 1 unspecified atom stereocenters. The minimum atomic E-state index is -0.148. The topological polar surface area (TPSA) is 52.3 Å². The van der Waals surface area contributed by atoms with Gasteiger partial charge < -0.3 is 10.5 Å². The predicted octanol–water partition coefficient (Wildman–Crippen LogP) is 1.07. The first-order chi connectivity index (χ1) is 5.74. The van der Waals surface area contributed by atoms with Crippen molar-refractivity contribution in [1.29, 1.82) is 0 Å².